The summed E-state index contributed by atoms with van der Waals surface area (Å²) >= 11 is 9.36. The Bertz CT molecular complexity index is 805. The number of hydrogen-bond acceptors (Lipinski definition) is 8. The minimum Gasteiger partial charge on any atom is -0.461 e. The van der Waals surface area contributed by atoms with Gasteiger partial charge in [0.05, 0.1) is 4.92 Å². The summed E-state index contributed by atoms with van der Waals surface area (Å²) < 4.78 is 5.44. The maximum Gasteiger partial charge on any atom is 0.269 e. The summed E-state index contributed by atoms with van der Waals surface area (Å²) in [7, 11) is 0. The van der Waals surface area contributed by atoms with Crippen molar-refractivity contribution in [2.75, 3.05) is 0 Å². The van der Waals surface area contributed by atoms with Crippen LogP contribution in [-0.2, 0) is 4.74 Å². The Morgan fingerprint density at radius 1 is 1.20 bits per heavy atom. The summed E-state index contributed by atoms with van der Waals surface area (Å²) in [5, 5.41) is 26.3. The van der Waals surface area contributed by atoms with Gasteiger partial charge >= 0.3 is 0 Å². The third-order valence-electron chi connectivity index (χ3n) is 2.91. The van der Waals surface area contributed by atoms with Crippen molar-refractivity contribution < 1.29 is 9.66 Å². The molecule has 1 aliphatic heterocycles. The Labute approximate surface area is 151 Å². The van der Waals surface area contributed by atoms with Crippen LogP contribution >= 0.6 is 24.4 Å². The molecule has 1 heterocycles. The molecule has 0 radical (unpaired) electrons. The van der Waals surface area contributed by atoms with E-state index in [1.807, 2.05) is 0 Å². The third kappa shape index (κ3) is 4.42. The molecule has 0 aliphatic carbocycles. The third-order valence-corrected chi connectivity index (χ3v) is 3.10. The van der Waals surface area contributed by atoms with Gasteiger partial charge in [0.2, 0.25) is 5.90 Å². The first-order valence-electron chi connectivity index (χ1n) is 6.56. The van der Waals surface area contributed by atoms with E-state index in [0.717, 1.165) is 0 Å². The number of nitro benzene ring substituents is 1. The van der Waals surface area contributed by atoms with Crippen LogP contribution in [0.5, 0.6) is 0 Å². The van der Waals surface area contributed by atoms with Crippen LogP contribution in [0.15, 0.2) is 34.5 Å². The van der Waals surface area contributed by atoms with Gasteiger partial charge in [-0.05, 0) is 42.1 Å². The molecule has 1 aliphatic rings. The number of ether oxygens (including phenoxy) is 1. The van der Waals surface area contributed by atoms with Gasteiger partial charge in [-0.25, -0.2) is 0 Å². The quantitative estimate of drug-likeness (QED) is 0.274. The molecule has 11 nitrogen and oxygen atoms in total. The Balaban J connectivity index is 2.41. The van der Waals surface area contributed by atoms with Crippen LogP contribution in [-0.4, -0.2) is 32.5 Å². The predicted molar refractivity (Wildman–Crippen MR) is 99.4 cm³/mol. The van der Waals surface area contributed by atoms with Crippen LogP contribution in [0, 0.1) is 15.5 Å². The molecule has 1 aromatic carbocycles. The van der Waals surface area contributed by atoms with Crippen LogP contribution in [0.2, 0.25) is 0 Å². The Kier molecular flexibility index (Phi) is 5.51. The number of benzene rings is 1. The van der Waals surface area contributed by atoms with Gasteiger partial charge in [0.1, 0.15) is 5.71 Å². The molecule has 0 aromatic heterocycles. The first-order chi connectivity index (χ1) is 11.8. The number of nitrogens with zero attached hydrogens (tertiary/aromatic N) is 3. The zero-order chi connectivity index (χ0) is 18.6. The number of nitro groups is 1. The average Bonchev–Trinajstić information content (AvgIpc) is 2.86. The highest BCUT2D eigenvalue weighted by Gasteiger charge is 2.37. The number of hydrazone groups is 2. The first-order valence-corrected chi connectivity index (χ1v) is 7.37. The van der Waals surface area contributed by atoms with E-state index >= 15 is 0 Å². The second-order valence-electron chi connectivity index (χ2n) is 4.59. The molecule has 13 heteroatoms. The summed E-state index contributed by atoms with van der Waals surface area (Å²) in [5.41, 5.74) is 16.0. The van der Waals surface area contributed by atoms with E-state index in [2.05, 4.69) is 33.3 Å². The monoisotopic (exact) mass is 380 g/mol. The van der Waals surface area contributed by atoms with Crippen LogP contribution < -0.4 is 22.3 Å². The van der Waals surface area contributed by atoms with E-state index in [9.17, 15) is 10.1 Å². The highest BCUT2D eigenvalue weighted by Crippen LogP contribution is 2.27. The fourth-order valence-corrected chi connectivity index (χ4v) is 2.00. The van der Waals surface area contributed by atoms with E-state index in [0.29, 0.717) is 5.56 Å². The van der Waals surface area contributed by atoms with E-state index in [4.69, 9.17) is 33.8 Å². The van der Waals surface area contributed by atoms with Crippen molar-refractivity contribution in [2.24, 2.45) is 21.7 Å². The highest BCUT2D eigenvalue weighted by molar-refractivity contribution is 7.80. The van der Waals surface area contributed by atoms with Gasteiger partial charge in [0.25, 0.3) is 5.69 Å². The molecule has 1 fully saturated rings. The topological polar surface area (TPSA) is 177 Å². The molecule has 0 spiro atoms. The Morgan fingerprint density at radius 2 is 1.76 bits per heavy atom. The SMILES string of the molecule is N=C1OC(c2ccc([N+](=O)[O-])cc2)C(=NNC(N)=S)C1=NNC(N)=S. The molecule has 2 rings (SSSR count). The van der Waals surface area contributed by atoms with Gasteiger partial charge < -0.3 is 16.2 Å². The van der Waals surface area contributed by atoms with Gasteiger partial charge in [-0.1, -0.05) is 0 Å². The van der Waals surface area contributed by atoms with E-state index < -0.39 is 11.0 Å². The van der Waals surface area contributed by atoms with Gasteiger partial charge in [-0.15, -0.1) is 0 Å². The minimum absolute atomic E-state index is 0.0277. The van der Waals surface area contributed by atoms with Crippen molar-refractivity contribution in [3.8, 4) is 0 Å². The largest absolute Gasteiger partial charge is 0.461 e. The summed E-state index contributed by atoms with van der Waals surface area (Å²) in [5.74, 6) is -0.296. The minimum atomic E-state index is -0.845. The number of nitrogens with one attached hydrogen (secondary N) is 3. The Hall–Kier alpha value is -3.19. The van der Waals surface area contributed by atoms with Gasteiger partial charge in [0, 0.05) is 12.1 Å². The number of nitrogens with two attached hydrogens (primary N) is 2. The molecule has 0 saturated carbocycles. The average molecular weight is 380 g/mol. The van der Waals surface area contributed by atoms with Gasteiger partial charge in [-0.3, -0.25) is 26.4 Å². The summed E-state index contributed by atoms with van der Waals surface area (Å²) in [4.78, 5) is 10.2. The van der Waals surface area contributed by atoms with Crippen LogP contribution in [0.3, 0.4) is 0 Å². The van der Waals surface area contributed by atoms with Crippen LogP contribution in [0.25, 0.3) is 0 Å². The lowest BCUT2D eigenvalue weighted by Crippen LogP contribution is -2.31. The molecule has 130 valence electrons. The summed E-state index contributed by atoms with van der Waals surface area (Å²) in [6.07, 6.45) is -0.845. The normalized spacial score (nSPS) is 19.5. The lowest BCUT2D eigenvalue weighted by Gasteiger charge is -2.10. The lowest BCUT2D eigenvalue weighted by atomic mass is 10.0. The molecule has 0 amide bonds. The van der Waals surface area contributed by atoms with E-state index in [-0.39, 0.29) is 33.2 Å². The summed E-state index contributed by atoms with van der Waals surface area (Å²) in [6.45, 7) is 0. The molecule has 1 aromatic rings. The van der Waals surface area contributed by atoms with Crippen molar-refractivity contribution in [1.82, 2.24) is 10.9 Å². The van der Waals surface area contributed by atoms with Crippen molar-refractivity contribution in [2.45, 2.75) is 6.10 Å². The second-order valence-corrected chi connectivity index (χ2v) is 5.46. The lowest BCUT2D eigenvalue weighted by molar-refractivity contribution is -0.384. The molecule has 0 bridgehead atoms. The predicted octanol–water partition coefficient (Wildman–Crippen LogP) is 0.0218. The summed E-state index contributed by atoms with van der Waals surface area (Å²) in [6, 6.07) is 5.58. The standard InChI is InChI=1S/C12H12N8O3S2/c13-10-8(17-19-12(15)25)7(16-18-11(14)24)9(23-10)5-1-3-6(4-2-5)20(21)22/h1-4,9,13H,(H3,14,18,24)(H3,15,19,25). The number of non-ortho nitro benzene ring substituents is 1. The van der Waals surface area contributed by atoms with Crippen molar-refractivity contribution in [1.29, 1.82) is 5.41 Å². The van der Waals surface area contributed by atoms with Crippen molar-refractivity contribution >= 4 is 57.7 Å². The molecule has 25 heavy (non-hydrogen) atoms. The maximum atomic E-state index is 10.8. The highest BCUT2D eigenvalue weighted by atomic mass is 32.1. The van der Waals surface area contributed by atoms with Crippen molar-refractivity contribution in [3.05, 3.63) is 39.9 Å². The molecular weight excluding hydrogens is 368 g/mol. The molecular formula is C12H12N8O3S2. The second kappa shape index (κ2) is 7.59. The first kappa shape index (κ1) is 18.2. The molecule has 1 saturated heterocycles. The number of thiocarbonyl (C=S) groups is 2. The zero-order valence-electron chi connectivity index (χ0n) is 12.4. The fourth-order valence-electron chi connectivity index (χ4n) is 1.91. The number of hydrogen-bond donors (Lipinski definition) is 5. The van der Waals surface area contributed by atoms with Crippen molar-refractivity contribution in [3.63, 3.8) is 0 Å². The maximum absolute atomic E-state index is 10.8. The number of rotatable bonds is 4. The zero-order valence-corrected chi connectivity index (χ0v) is 14.1. The fraction of sp³-hybridized carbons (Fsp3) is 0.0833. The van der Waals surface area contributed by atoms with E-state index in [1.54, 1.807) is 0 Å². The Morgan fingerprint density at radius 3 is 2.28 bits per heavy atom. The molecule has 1 unspecified atom stereocenters. The van der Waals surface area contributed by atoms with Crippen LogP contribution in [0.1, 0.15) is 11.7 Å². The van der Waals surface area contributed by atoms with Gasteiger partial charge in [0.15, 0.2) is 22.0 Å². The smallest absolute Gasteiger partial charge is 0.269 e. The van der Waals surface area contributed by atoms with Gasteiger partial charge in [-0.2, -0.15) is 10.2 Å². The van der Waals surface area contributed by atoms with Crippen LogP contribution in [0.4, 0.5) is 5.69 Å². The molecule has 1 atom stereocenters. The molecule has 7 N–H and O–H groups in total. The van der Waals surface area contributed by atoms with E-state index in [1.165, 1.54) is 24.3 Å².